The van der Waals surface area contributed by atoms with Gasteiger partial charge in [-0.25, -0.2) is 8.42 Å². The Morgan fingerprint density at radius 1 is 1.12 bits per heavy atom. The first-order valence-electron chi connectivity index (χ1n) is 16.3. The lowest BCUT2D eigenvalue weighted by molar-refractivity contribution is -0.143. The summed E-state index contributed by atoms with van der Waals surface area (Å²) in [5, 5.41) is 5.90. The number of carbonyl (C=O) groups excluding carboxylic acids is 4. The number of methoxy groups -OCH3 is 1. The van der Waals surface area contributed by atoms with Crippen molar-refractivity contribution in [1.82, 2.24) is 25.7 Å². The topological polar surface area (TPSA) is 172 Å². The molecule has 15 heteroatoms. The van der Waals surface area contributed by atoms with E-state index in [1.807, 2.05) is 13.0 Å². The van der Waals surface area contributed by atoms with Gasteiger partial charge in [0.1, 0.15) is 23.4 Å². The van der Waals surface area contributed by atoms with Crippen LogP contribution in [0.4, 0.5) is 0 Å². The molecular weight excluding hydrogens is 674 g/mol. The maximum Gasteiger partial charge on any atom is 0.289 e. The number of ether oxygens (including phenoxy) is 1. The average Bonchev–Trinajstić information content (AvgIpc) is 3.67. The van der Waals surface area contributed by atoms with E-state index >= 15 is 0 Å². The molecule has 1 aliphatic carbocycles. The minimum absolute atomic E-state index is 0.0149. The largest absolute Gasteiger partial charge is 0.497 e. The molecule has 0 aromatic heterocycles. The van der Waals surface area contributed by atoms with E-state index in [1.54, 1.807) is 38.1 Å². The van der Waals surface area contributed by atoms with Crippen molar-refractivity contribution in [3.05, 3.63) is 65.2 Å². The standard InChI is InChI=1S/C34H42ClN5O8S/c1-5-7-26(30(41)32(43)36-23-10-11-23)37-31(42)28-18-34(17-27(38-48-34)21-8-6-9-22(35)16-21)19-40(28)33(44)29(20(2)3)39-49(45,46)25-14-12-24(47-4)13-15-25/h6,8-9,12-17,20,23,26,28-29,38-39H,5,7,10-11,18-19H2,1-4H3,(H,36,43)(H,37,42)/t26-,28-,29-,34+/m0/s1. The molecule has 4 N–H and O–H groups in total. The SMILES string of the molecule is CCC[C@H](NC(=O)[C@@H]1C[C@]2(C=C(c3cccc(Cl)c3)NO2)CN1C(=O)[C@@H](NS(=O)(=O)c1ccc(OC)cc1)C(C)C)C(=O)C(=O)NC1CC1. The third-order valence-electron chi connectivity index (χ3n) is 8.78. The van der Waals surface area contributed by atoms with Crippen LogP contribution in [-0.2, 0) is 34.0 Å². The number of likely N-dealkylation sites (tertiary alicyclic amines) is 1. The number of amides is 3. The van der Waals surface area contributed by atoms with Crippen molar-refractivity contribution in [2.24, 2.45) is 5.92 Å². The molecular formula is C34H42ClN5O8S. The van der Waals surface area contributed by atoms with Crippen molar-refractivity contribution >= 4 is 50.8 Å². The fraction of sp³-hybridized carbons (Fsp3) is 0.471. The van der Waals surface area contributed by atoms with Crippen molar-refractivity contribution in [2.45, 2.75) is 87.5 Å². The van der Waals surface area contributed by atoms with Gasteiger partial charge in [-0.3, -0.25) is 29.5 Å². The maximum absolute atomic E-state index is 14.4. The fourth-order valence-corrected chi connectivity index (χ4v) is 7.46. The lowest BCUT2D eigenvalue weighted by atomic mass is 9.97. The Balaban J connectivity index is 1.44. The van der Waals surface area contributed by atoms with Crippen LogP contribution in [0.3, 0.4) is 0 Å². The summed E-state index contributed by atoms with van der Waals surface area (Å²) >= 11 is 6.21. The second-order valence-electron chi connectivity index (χ2n) is 13.0. The molecule has 1 spiro atoms. The van der Waals surface area contributed by atoms with Gasteiger partial charge in [0.2, 0.25) is 27.6 Å². The third kappa shape index (κ3) is 8.43. The van der Waals surface area contributed by atoms with Crippen LogP contribution >= 0.6 is 11.6 Å². The van der Waals surface area contributed by atoms with E-state index in [2.05, 4.69) is 20.8 Å². The van der Waals surface area contributed by atoms with Crippen LogP contribution in [0.2, 0.25) is 5.02 Å². The zero-order valence-electron chi connectivity index (χ0n) is 27.8. The molecule has 2 aliphatic heterocycles. The summed E-state index contributed by atoms with van der Waals surface area (Å²) in [7, 11) is -2.72. The van der Waals surface area contributed by atoms with E-state index in [-0.39, 0.29) is 30.3 Å². The van der Waals surface area contributed by atoms with Gasteiger partial charge in [0.25, 0.3) is 5.91 Å². The first kappa shape index (κ1) is 36.3. The molecule has 2 aromatic rings. The first-order chi connectivity index (χ1) is 23.3. The number of ketones is 1. The van der Waals surface area contributed by atoms with Gasteiger partial charge in [-0.1, -0.05) is 50.9 Å². The Morgan fingerprint density at radius 2 is 1.84 bits per heavy atom. The quantitative estimate of drug-likeness (QED) is 0.215. The predicted molar refractivity (Wildman–Crippen MR) is 181 cm³/mol. The van der Waals surface area contributed by atoms with Crippen LogP contribution in [0, 0.1) is 5.92 Å². The number of benzene rings is 2. The molecule has 1 saturated heterocycles. The van der Waals surface area contributed by atoms with Gasteiger partial charge in [-0.2, -0.15) is 4.72 Å². The van der Waals surface area contributed by atoms with E-state index in [0.717, 1.165) is 18.4 Å². The van der Waals surface area contributed by atoms with Crippen molar-refractivity contribution in [3.63, 3.8) is 0 Å². The van der Waals surface area contributed by atoms with E-state index in [4.69, 9.17) is 21.2 Å². The second kappa shape index (κ2) is 14.9. The Bertz CT molecular complexity index is 1730. The molecule has 2 aromatic carbocycles. The molecule has 1 saturated carbocycles. The van der Waals surface area contributed by atoms with Crippen LogP contribution in [-0.4, -0.2) is 80.2 Å². The molecule has 4 atom stereocenters. The minimum Gasteiger partial charge on any atom is -0.497 e. The predicted octanol–water partition coefficient (Wildman–Crippen LogP) is 2.70. The van der Waals surface area contributed by atoms with E-state index in [9.17, 15) is 27.6 Å². The van der Waals surface area contributed by atoms with Gasteiger partial charge in [0.15, 0.2) is 0 Å². The molecule has 2 fully saturated rings. The number of hydrogen-bond acceptors (Lipinski definition) is 9. The summed E-state index contributed by atoms with van der Waals surface area (Å²) in [5.74, 6) is -2.90. The van der Waals surface area contributed by atoms with Crippen molar-refractivity contribution in [2.75, 3.05) is 13.7 Å². The third-order valence-corrected chi connectivity index (χ3v) is 10.5. The van der Waals surface area contributed by atoms with Gasteiger partial charge >= 0.3 is 0 Å². The maximum atomic E-state index is 14.4. The number of hydroxylamine groups is 1. The number of carbonyl (C=O) groups is 4. The number of Topliss-reactive ketones (excluding diaryl/α,β-unsaturated/α-hetero) is 1. The van der Waals surface area contributed by atoms with E-state index < -0.39 is 63.2 Å². The van der Waals surface area contributed by atoms with Crippen LogP contribution in [0.15, 0.2) is 59.5 Å². The van der Waals surface area contributed by atoms with Gasteiger partial charge in [-0.15, -0.1) is 0 Å². The summed E-state index contributed by atoms with van der Waals surface area (Å²) in [5.41, 5.74) is 3.01. The fourth-order valence-electron chi connectivity index (χ4n) is 5.93. The summed E-state index contributed by atoms with van der Waals surface area (Å²) in [6, 6.07) is 9.21. The van der Waals surface area contributed by atoms with Crippen molar-refractivity contribution in [3.8, 4) is 5.75 Å². The summed E-state index contributed by atoms with van der Waals surface area (Å²) < 4.78 is 34.6. The zero-order valence-corrected chi connectivity index (χ0v) is 29.4. The summed E-state index contributed by atoms with van der Waals surface area (Å²) in [6.45, 7) is 5.11. The lowest BCUT2D eigenvalue weighted by Crippen LogP contribution is -2.57. The molecule has 0 unspecified atom stereocenters. The molecule has 3 amide bonds. The molecule has 13 nitrogen and oxygen atoms in total. The van der Waals surface area contributed by atoms with Gasteiger partial charge < -0.3 is 20.3 Å². The van der Waals surface area contributed by atoms with Crippen molar-refractivity contribution < 1.29 is 37.2 Å². The van der Waals surface area contributed by atoms with E-state index in [0.29, 0.717) is 22.9 Å². The molecule has 0 bridgehead atoms. The summed E-state index contributed by atoms with van der Waals surface area (Å²) in [6.07, 6.45) is 4.06. The van der Waals surface area contributed by atoms with Gasteiger partial charge in [-0.05, 0) is 67.7 Å². The summed E-state index contributed by atoms with van der Waals surface area (Å²) in [4.78, 5) is 61.5. The molecule has 5 rings (SSSR count). The lowest BCUT2D eigenvalue weighted by Gasteiger charge is -2.31. The van der Waals surface area contributed by atoms with Crippen molar-refractivity contribution in [1.29, 1.82) is 0 Å². The monoisotopic (exact) mass is 715 g/mol. The zero-order chi connectivity index (χ0) is 35.5. The highest BCUT2D eigenvalue weighted by Crippen LogP contribution is 2.38. The molecule has 264 valence electrons. The molecule has 3 aliphatic rings. The van der Waals surface area contributed by atoms with Crippen LogP contribution < -0.4 is 25.6 Å². The number of nitrogens with zero attached hydrogens (tertiary/aromatic N) is 1. The normalized spacial score (nSPS) is 21.6. The number of nitrogens with one attached hydrogen (secondary N) is 4. The smallest absolute Gasteiger partial charge is 0.289 e. The van der Waals surface area contributed by atoms with Crippen LogP contribution in [0.5, 0.6) is 5.75 Å². The minimum atomic E-state index is -4.18. The Hall–Kier alpha value is -3.98. The Morgan fingerprint density at radius 3 is 2.45 bits per heavy atom. The molecule has 2 heterocycles. The Kier molecular flexibility index (Phi) is 11.0. The average molecular weight is 716 g/mol. The number of halogens is 1. The Labute approximate surface area is 291 Å². The number of rotatable bonds is 14. The molecule has 0 radical (unpaired) electrons. The second-order valence-corrected chi connectivity index (χ2v) is 15.2. The highest BCUT2D eigenvalue weighted by Gasteiger charge is 2.53. The van der Waals surface area contributed by atoms with E-state index in [1.165, 1.54) is 36.3 Å². The van der Waals surface area contributed by atoms with Gasteiger partial charge in [0, 0.05) is 23.0 Å². The van der Waals surface area contributed by atoms with Gasteiger partial charge in [0.05, 0.1) is 30.3 Å². The number of sulfonamides is 1. The first-order valence-corrected chi connectivity index (χ1v) is 18.2. The van der Waals surface area contributed by atoms with Crippen LogP contribution in [0.1, 0.15) is 58.4 Å². The number of hydrogen-bond donors (Lipinski definition) is 4. The highest BCUT2D eigenvalue weighted by molar-refractivity contribution is 7.89. The molecule has 49 heavy (non-hydrogen) atoms. The highest BCUT2D eigenvalue weighted by atomic mass is 35.5. The van der Waals surface area contributed by atoms with Crippen LogP contribution in [0.25, 0.3) is 5.70 Å².